The second-order valence-electron chi connectivity index (χ2n) is 2.75. The molecule has 0 heterocycles. The van der Waals surface area contributed by atoms with Gasteiger partial charge in [0.1, 0.15) is 5.75 Å². The van der Waals surface area contributed by atoms with Crippen LogP contribution >= 0.6 is 0 Å². The van der Waals surface area contributed by atoms with Gasteiger partial charge in [0.05, 0.1) is 17.6 Å². The predicted molar refractivity (Wildman–Crippen MR) is 52.4 cm³/mol. The molecule has 0 saturated heterocycles. The summed E-state index contributed by atoms with van der Waals surface area (Å²) < 4.78 is 5.04. The smallest absolute Gasteiger partial charge is 0.277 e. The first-order chi connectivity index (χ1) is 6.70. The first kappa shape index (κ1) is 10.5. The van der Waals surface area contributed by atoms with Gasteiger partial charge in [-0.05, 0) is 13.1 Å². The molecule has 14 heavy (non-hydrogen) atoms. The molecule has 0 spiro atoms. The number of rotatable bonds is 4. The fraction of sp³-hybridized carbons (Fsp3) is 0.333. The number of nitrogens with zero attached hydrogens (tertiary/aromatic N) is 1. The lowest BCUT2D eigenvalue weighted by Gasteiger charge is -2.07. The molecule has 0 aromatic heterocycles. The molecule has 1 rings (SSSR count). The van der Waals surface area contributed by atoms with Crippen LogP contribution in [0.4, 0.5) is 5.69 Å². The highest BCUT2D eigenvalue weighted by atomic mass is 16.6. The minimum absolute atomic E-state index is 0.0821. The number of ether oxygens (including phenoxy) is 1. The Balaban J connectivity index is 3.20. The number of nitro benzene ring substituents is 1. The average Bonchev–Trinajstić information content (AvgIpc) is 2.18. The molecule has 1 aromatic carbocycles. The van der Waals surface area contributed by atoms with Crippen molar-refractivity contribution in [1.29, 1.82) is 0 Å². The van der Waals surface area contributed by atoms with Crippen molar-refractivity contribution in [2.75, 3.05) is 14.2 Å². The second kappa shape index (κ2) is 4.57. The molecule has 0 aliphatic rings. The van der Waals surface area contributed by atoms with Crippen LogP contribution in [0.2, 0.25) is 0 Å². The lowest BCUT2D eigenvalue weighted by atomic mass is 10.1. The van der Waals surface area contributed by atoms with Crippen molar-refractivity contribution in [1.82, 2.24) is 5.32 Å². The zero-order valence-electron chi connectivity index (χ0n) is 8.11. The topological polar surface area (TPSA) is 64.4 Å². The third kappa shape index (κ3) is 2.00. The van der Waals surface area contributed by atoms with Crippen LogP contribution in [-0.4, -0.2) is 19.1 Å². The summed E-state index contributed by atoms with van der Waals surface area (Å²) >= 11 is 0. The van der Waals surface area contributed by atoms with Crippen LogP contribution in [0.5, 0.6) is 5.75 Å². The maximum absolute atomic E-state index is 10.7. The van der Waals surface area contributed by atoms with Gasteiger partial charge in [0, 0.05) is 12.6 Å². The van der Waals surface area contributed by atoms with Crippen molar-refractivity contribution >= 4 is 5.69 Å². The molecule has 0 aliphatic heterocycles. The number of hydrogen-bond acceptors (Lipinski definition) is 4. The number of nitro groups is 1. The molecule has 0 unspecified atom stereocenters. The van der Waals surface area contributed by atoms with E-state index in [9.17, 15) is 10.1 Å². The number of benzene rings is 1. The quantitative estimate of drug-likeness (QED) is 0.582. The Morgan fingerprint density at radius 2 is 2.29 bits per heavy atom. The summed E-state index contributed by atoms with van der Waals surface area (Å²) in [6.07, 6.45) is 0. The highest BCUT2D eigenvalue weighted by Gasteiger charge is 2.16. The molecule has 5 nitrogen and oxygen atoms in total. The molecule has 0 radical (unpaired) electrons. The Labute approximate surface area is 81.8 Å². The maximum atomic E-state index is 10.7. The van der Waals surface area contributed by atoms with E-state index in [1.54, 1.807) is 19.2 Å². The zero-order chi connectivity index (χ0) is 10.6. The molecular formula is C9H12N2O3. The Hall–Kier alpha value is -1.62. The monoisotopic (exact) mass is 196 g/mol. The normalized spacial score (nSPS) is 9.86. The van der Waals surface area contributed by atoms with Crippen molar-refractivity contribution in [2.24, 2.45) is 0 Å². The van der Waals surface area contributed by atoms with Crippen molar-refractivity contribution in [3.8, 4) is 5.75 Å². The van der Waals surface area contributed by atoms with Crippen molar-refractivity contribution < 1.29 is 9.66 Å². The van der Waals surface area contributed by atoms with Crippen LogP contribution < -0.4 is 10.1 Å². The Kier molecular flexibility index (Phi) is 3.41. The van der Waals surface area contributed by atoms with Crippen molar-refractivity contribution in [2.45, 2.75) is 6.54 Å². The fourth-order valence-corrected chi connectivity index (χ4v) is 1.27. The van der Waals surface area contributed by atoms with Gasteiger partial charge in [-0.15, -0.1) is 0 Å². The van der Waals surface area contributed by atoms with Gasteiger partial charge in [0.2, 0.25) is 0 Å². The Bertz CT molecular complexity index is 339. The average molecular weight is 196 g/mol. The van der Waals surface area contributed by atoms with E-state index in [-0.39, 0.29) is 5.69 Å². The number of nitrogens with one attached hydrogen (secondary N) is 1. The van der Waals surface area contributed by atoms with E-state index in [0.29, 0.717) is 17.9 Å². The highest BCUT2D eigenvalue weighted by molar-refractivity contribution is 5.49. The number of hydrogen-bond donors (Lipinski definition) is 1. The summed E-state index contributed by atoms with van der Waals surface area (Å²) in [5.74, 6) is 0.536. The molecule has 0 bridgehead atoms. The maximum Gasteiger partial charge on any atom is 0.277 e. The molecule has 0 fully saturated rings. The van der Waals surface area contributed by atoms with Crippen LogP contribution in [0.1, 0.15) is 5.56 Å². The first-order valence-corrected chi connectivity index (χ1v) is 4.15. The van der Waals surface area contributed by atoms with Gasteiger partial charge in [-0.2, -0.15) is 0 Å². The summed E-state index contributed by atoms with van der Waals surface area (Å²) in [7, 11) is 3.23. The molecule has 5 heteroatoms. The van der Waals surface area contributed by atoms with E-state index >= 15 is 0 Å². The predicted octanol–water partition coefficient (Wildman–Crippen LogP) is 1.32. The van der Waals surface area contributed by atoms with E-state index in [4.69, 9.17) is 4.74 Å². The SMILES string of the molecule is CNCc1c(OC)cccc1[N+](=O)[O-]. The summed E-state index contributed by atoms with van der Waals surface area (Å²) in [6, 6.07) is 4.78. The largest absolute Gasteiger partial charge is 0.496 e. The van der Waals surface area contributed by atoms with Gasteiger partial charge in [0.15, 0.2) is 0 Å². The molecule has 0 atom stereocenters. The van der Waals surface area contributed by atoms with Crippen LogP contribution in [0.3, 0.4) is 0 Å². The minimum atomic E-state index is -0.408. The van der Waals surface area contributed by atoms with Gasteiger partial charge in [-0.1, -0.05) is 6.07 Å². The van der Waals surface area contributed by atoms with Gasteiger partial charge >= 0.3 is 0 Å². The van der Waals surface area contributed by atoms with Crippen molar-refractivity contribution in [3.05, 3.63) is 33.9 Å². The first-order valence-electron chi connectivity index (χ1n) is 4.15. The van der Waals surface area contributed by atoms with Crippen LogP contribution in [-0.2, 0) is 6.54 Å². The Morgan fingerprint density at radius 3 is 2.79 bits per heavy atom. The zero-order valence-corrected chi connectivity index (χ0v) is 8.11. The van der Waals surface area contributed by atoms with Crippen LogP contribution in [0, 0.1) is 10.1 Å². The van der Waals surface area contributed by atoms with Crippen LogP contribution in [0.15, 0.2) is 18.2 Å². The fourth-order valence-electron chi connectivity index (χ4n) is 1.27. The van der Waals surface area contributed by atoms with Gasteiger partial charge in [0.25, 0.3) is 5.69 Å². The molecular weight excluding hydrogens is 184 g/mol. The Morgan fingerprint density at radius 1 is 1.57 bits per heavy atom. The van der Waals surface area contributed by atoms with Gasteiger partial charge in [-0.3, -0.25) is 10.1 Å². The van der Waals surface area contributed by atoms with E-state index in [1.807, 2.05) is 0 Å². The summed E-state index contributed by atoms with van der Waals surface area (Å²) in [6.45, 7) is 0.417. The second-order valence-corrected chi connectivity index (χ2v) is 2.75. The van der Waals surface area contributed by atoms with Gasteiger partial charge in [-0.25, -0.2) is 0 Å². The highest BCUT2D eigenvalue weighted by Crippen LogP contribution is 2.27. The van der Waals surface area contributed by atoms with E-state index in [1.165, 1.54) is 13.2 Å². The lowest BCUT2D eigenvalue weighted by molar-refractivity contribution is -0.385. The van der Waals surface area contributed by atoms with E-state index in [2.05, 4.69) is 5.32 Å². The third-order valence-electron chi connectivity index (χ3n) is 1.88. The summed E-state index contributed by atoms with van der Waals surface area (Å²) in [5.41, 5.74) is 0.654. The third-order valence-corrected chi connectivity index (χ3v) is 1.88. The molecule has 1 aromatic rings. The number of methoxy groups -OCH3 is 1. The lowest BCUT2D eigenvalue weighted by Crippen LogP contribution is -2.09. The van der Waals surface area contributed by atoms with Gasteiger partial charge < -0.3 is 10.1 Å². The summed E-state index contributed by atoms with van der Waals surface area (Å²) in [5, 5.41) is 13.6. The molecule has 1 N–H and O–H groups in total. The van der Waals surface area contributed by atoms with Crippen LogP contribution in [0.25, 0.3) is 0 Å². The van der Waals surface area contributed by atoms with E-state index < -0.39 is 4.92 Å². The molecule has 0 amide bonds. The van der Waals surface area contributed by atoms with Crippen molar-refractivity contribution in [3.63, 3.8) is 0 Å². The molecule has 76 valence electrons. The standard InChI is InChI=1S/C9H12N2O3/c1-10-6-7-8(11(12)13)4-3-5-9(7)14-2/h3-5,10H,6H2,1-2H3. The molecule has 0 saturated carbocycles. The van der Waals surface area contributed by atoms with E-state index in [0.717, 1.165) is 0 Å². The minimum Gasteiger partial charge on any atom is -0.496 e. The summed E-state index contributed by atoms with van der Waals surface area (Å²) in [4.78, 5) is 10.3. The molecule has 0 aliphatic carbocycles.